The summed E-state index contributed by atoms with van der Waals surface area (Å²) in [6, 6.07) is 10.3. The number of hydrogen-bond acceptors (Lipinski definition) is 5. The minimum absolute atomic E-state index is 0.360. The summed E-state index contributed by atoms with van der Waals surface area (Å²) in [7, 11) is 0. The Bertz CT molecular complexity index is 764. The van der Waals surface area contributed by atoms with Crippen LogP contribution in [0.2, 0.25) is 5.02 Å². The quantitative estimate of drug-likeness (QED) is 0.512. The summed E-state index contributed by atoms with van der Waals surface area (Å²) in [6.45, 7) is 6.92. The largest absolute Gasteiger partial charge is 0.490 e. The van der Waals surface area contributed by atoms with Crippen LogP contribution in [0.1, 0.15) is 36.7 Å². The molecule has 1 amide bonds. The normalized spacial score (nSPS) is 10.7. The summed E-state index contributed by atoms with van der Waals surface area (Å²) in [4.78, 5) is 12.5. The first kappa shape index (κ1) is 20.6. The van der Waals surface area contributed by atoms with Gasteiger partial charge in [-0.1, -0.05) is 23.7 Å². The van der Waals surface area contributed by atoms with E-state index in [0.29, 0.717) is 47.7 Å². The second-order valence-electron chi connectivity index (χ2n) is 5.35. The molecule has 0 spiro atoms. The maximum atomic E-state index is 12.5. The molecule has 0 bridgehead atoms. The highest BCUT2D eigenvalue weighted by atomic mass is 35.5. The van der Waals surface area contributed by atoms with Crippen molar-refractivity contribution in [3.8, 4) is 17.2 Å². The molecule has 0 saturated carbocycles. The van der Waals surface area contributed by atoms with Crippen LogP contribution in [0.3, 0.4) is 0 Å². The average molecular weight is 391 g/mol. The number of halogens is 1. The number of hydrogen-bond donors (Lipinski definition) is 1. The predicted molar refractivity (Wildman–Crippen MR) is 106 cm³/mol. The molecule has 0 aliphatic heterocycles. The SMILES string of the molecule is CCOc1cc(C(=O)N/N=C/c2ccc(Cl)cc2)cc(OCC)c1OCC. The molecule has 0 unspecified atom stereocenters. The monoisotopic (exact) mass is 390 g/mol. The van der Waals surface area contributed by atoms with Gasteiger partial charge in [0.05, 0.1) is 26.0 Å². The van der Waals surface area contributed by atoms with Gasteiger partial charge in [0.15, 0.2) is 11.5 Å². The first-order valence-electron chi connectivity index (χ1n) is 8.74. The number of rotatable bonds is 9. The number of amides is 1. The van der Waals surface area contributed by atoms with Crippen LogP contribution in [-0.4, -0.2) is 31.9 Å². The smallest absolute Gasteiger partial charge is 0.271 e. The average Bonchev–Trinajstić information content (AvgIpc) is 2.66. The van der Waals surface area contributed by atoms with Gasteiger partial charge in [0.2, 0.25) is 5.75 Å². The lowest BCUT2D eigenvalue weighted by molar-refractivity contribution is 0.0954. The fourth-order valence-corrected chi connectivity index (χ4v) is 2.42. The first-order valence-corrected chi connectivity index (χ1v) is 9.12. The lowest BCUT2D eigenvalue weighted by Crippen LogP contribution is -2.18. The number of carbonyl (C=O) groups excluding carboxylic acids is 1. The van der Waals surface area contributed by atoms with E-state index in [9.17, 15) is 4.79 Å². The molecule has 0 aromatic heterocycles. The first-order chi connectivity index (χ1) is 13.1. The van der Waals surface area contributed by atoms with Gasteiger partial charge in [0.25, 0.3) is 5.91 Å². The number of hydrazone groups is 1. The van der Waals surface area contributed by atoms with Gasteiger partial charge >= 0.3 is 0 Å². The van der Waals surface area contributed by atoms with Crippen molar-refractivity contribution in [3.05, 3.63) is 52.5 Å². The second-order valence-corrected chi connectivity index (χ2v) is 5.79. The standard InChI is InChI=1S/C20H23ClN2O4/c1-4-25-17-11-15(12-18(26-5-2)19(17)27-6-3)20(24)23-22-13-14-7-9-16(21)10-8-14/h7-13H,4-6H2,1-3H3,(H,23,24)/b22-13+. The van der Waals surface area contributed by atoms with Gasteiger partial charge in [0, 0.05) is 10.6 Å². The minimum Gasteiger partial charge on any atom is -0.490 e. The highest BCUT2D eigenvalue weighted by Gasteiger charge is 2.18. The zero-order chi connectivity index (χ0) is 19.6. The molecule has 7 heteroatoms. The molecule has 0 atom stereocenters. The van der Waals surface area contributed by atoms with E-state index in [1.807, 2.05) is 20.8 Å². The molecule has 1 N–H and O–H groups in total. The predicted octanol–water partition coefficient (Wildman–Crippen LogP) is 4.30. The van der Waals surface area contributed by atoms with Crippen LogP contribution in [0.4, 0.5) is 0 Å². The maximum absolute atomic E-state index is 12.5. The van der Waals surface area contributed by atoms with Gasteiger partial charge in [-0.05, 0) is 50.6 Å². The molecule has 0 aliphatic carbocycles. The Morgan fingerprint density at radius 3 is 2.07 bits per heavy atom. The molecule has 0 heterocycles. The van der Waals surface area contributed by atoms with Gasteiger partial charge in [-0.3, -0.25) is 4.79 Å². The Labute approximate surface area is 164 Å². The van der Waals surface area contributed by atoms with Crippen LogP contribution in [0.5, 0.6) is 17.2 Å². The zero-order valence-electron chi connectivity index (χ0n) is 15.6. The van der Waals surface area contributed by atoms with E-state index in [1.54, 1.807) is 36.4 Å². The van der Waals surface area contributed by atoms with Crippen molar-refractivity contribution in [2.24, 2.45) is 5.10 Å². The zero-order valence-corrected chi connectivity index (χ0v) is 16.4. The highest BCUT2D eigenvalue weighted by Crippen LogP contribution is 2.39. The fourth-order valence-electron chi connectivity index (χ4n) is 2.30. The van der Waals surface area contributed by atoms with E-state index in [0.717, 1.165) is 5.56 Å². The minimum atomic E-state index is -0.384. The van der Waals surface area contributed by atoms with Crippen molar-refractivity contribution in [3.63, 3.8) is 0 Å². The molecular formula is C20H23ClN2O4. The third-order valence-electron chi connectivity index (χ3n) is 3.42. The van der Waals surface area contributed by atoms with E-state index in [1.165, 1.54) is 6.21 Å². The summed E-state index contributed by atoms with van der Waals surface area (Å²) in [5.41, 5.74) is 3.67. The lowest BCUT2D eigenvalue weighted by atomic mass is 10.1. The van der Waals surface area contributed by atoms with E-state index in [-0.39, 0.29) is 5.91 Å². The van der Waals surface area contributed by atoms with E-state index in [4.69, 9.17) is 25.8 Å². The molecule has 2 rings (SSSR count). The Hall–Kier alpha value is -2.73. The Balaban J connectivity index is 2.21. The van der Waals surface area contributed by atoms with Crippen molar-refractivity contribution in [1.82, 2.24) is 5.43 Å². The van der Waals surface area contributed by atoms with Gasteiger partial charge < -0.3 is 14.2 Å². The van der Waals surface area contributed by atoms with Crippen molar-refractivity contribution in [1.29, 1.82) is 0 Å². The molecule has 0 saturated heterocycles. The third kappa shape index (κ3) is 5.89. The van der Waals surface area contributed by atoms with Crippen LogP contribution < -0.4 is 19.6 Å². The molecule has 0 fully saturated rings. The van der Waals surface area contributed by atoms with Gasteiger partial charge in [0.1, 0.15) is 0 Å². The summed E-state index contributed by atoms with van der Waals surface area (Å²) in [5.74, 6) is 1.02. The molecule has 0 radical (unpaired) electrons. The van der Waals surface area contributed by atoms with Crippen LogP contribution in [0.15, 0.2) is 41.5 Å². The van der Waals surface area contributed by atoms with Crippen molar-refractivity contribution in [2.75, 3.05) is 19.8 Å². The number of benzene rings is 2. The maximum Gasteiger partial charge on any atom is 0.271 e. The van der Waals surface area contributed by atoms with E-state index < -0.39 is 0 Å². The van der Waals surface area contributed by atoms with Crippen molar-refractivity contribution < 1.29 is 19.0 Å². The van der Waals surface area contributed by atoms with Gasteiger partial charge in [-0.25, -0.2) is 5.43 Å². The van der Waals surface area contributed by atoms with Crippen LogP contribution in [0.25, 0.3) is 0 Å². The van der Waals surface area contributed by atoms with Crippen LogP contribution in [-0.2, 0) is 0 Å². The number of nitrogens with one attached hydrogen (secondary N) is 1. The number of ether oxygens (including phenoxy) is 3. The Morgan fingerprint density at radius 1 is 1.00 bits per heavy atom. The summed E-state index contributed by atoms with van der Waals surface area (Å²) < 4.78 is 16.9. The summed E-state index contributed by atoms with van der Waals surface area (Å²) >= 11 is 5.84. The molecule has 2 aromatic rings. The second kappa shape index (κ2) is 10.4. The van der Waals surface area contributed by atoms with Gasteiger partial charge in [-0.15, -0.1) is 0 Å². The highest BCUT2D eigenvalue weighted by molar-refractivity contribution is 6.30. The number of nitrogens with zero attached hydrogens (tertiary/aromatic N) is 1. The molecule has 2 aromatic carbocycles. The Kier molecular flexibility index (Phi) is 7.95. The lowest BCUT2D eigenvalue weighted by Gasteiger charge is -2.16. The van der Waals surface area contributed by atoms with Crippen molar-refractivity contribution >= 4 is 23.7 Å². The van der Waals surface area contributed by atoms with Gasteiger partial charge in [-0.2, -0.15) is 5.10 Å². The summed E-state index contributed by atoms with van der Waals surface area (Å²) in [5, 5.41) is 4.61. The van der Waals surface area contributed by atoms with Crippen LogP contribution in [0, 0.1) is 0 Å². The molecule has 27 heavy (non-hydrogen) atoms. The van der Waals surface area contributed by atoms with Crippen LogP contribution >= 0.6 is 11.6 Å². The summed E-state index contributed by atoms with van der Waals surface area (Å²) in [6.07, 6.45) is 1.54. The molecule has 6 nitrogen and oxygen atoms in total. The number of carbonyl (C=O) groups is 1. The molecule has 0 aliphatic rings. The van der Waals surface area contributed by atoms with Crippen molar-refractivity contribution in [2.45, 2.75) is 20.8 Å². The van der Waals surface area contributed by atoms with E-state index in [2.05, 4.69) is 10.5 Å². The molecule has 144 valence electrons. The van der Waals surface area contributed by atoms with E-state index >= 15 is 0 Å². The molecular weight excluding hydrogens is 368 g/mol. The topological polar surface area (TPSA) is 69.2 Å². The third-order valence-corrected chi connectivity index (χ3v) is 3.67. The fraction of sp³-hybridized carbons (Fsp3) is 0.300. The Morgan fingerprint density at radius 2 is 1.56 bits per heavy atom.